The Morgan fingerprint density at radius 3 is 2.62 bits per heavy atom. The van der Waals surface area contributed by atoms with Crippen LogP contribution in [0.3, 0.4) is 0 Å². The Morgan fingerprint density at radius 2 is 1.90 bits per heavy atom. The van der Waals surface area contributed by atoms with Gasteiger partial charge in [0.25, 0.3) is 0 Å². The van der Waals surface area contributed by atoms with E-state index in [1.165, 1.54) is 12.8 Å². The number of imidazole rings is 1. The number of hydrogen-bond acceptors (Lipinski definition) is 3. The van der Waals surface area contributed by atoms with E-state index in [9.17, 15) is 4.79 Å². The van der Waals surface area contributed by atoms with E-state index in [0.717, 1.165) is 42.1 Å². The van der Waals surface area contributed by atoms with E-state index in [0.29, 0.717) is 5.75 Å². The smallest absolute Gasteiger partial charge is 0.233 e. The molecular weight excluding hydrogens is 282 g/mol. The predicted octanol–water partition coefficient (Wildman–Crippen LogP) is 3.07. The molecule has 0 N–H and O–H groups in total. The molecule has 21 heavy (non-hydrogen) atoms. The fraction of sp³-hybridized carbons (Fsp3) is 0.500. The third-order valence-electron chi connectivity index (χ3n) is 4.03. The molecule has 0 bridgehead atoms. The molecule has 2 heterocycles. The Labute approximate surface area is 129 Å². The van der Waals surface area contributed by atoms with Crippen molar-refractivity contribution in [2.45, 2.75) is 30.8 Å². The molecule has 2 aromatic rings. The van der Waals surface area contributed by atoms with Crippen molar-refractivity contribution < 1.29 is 4.79 Å². The molecule has 112 valence electrons. The number of hydrogen-bond donors (Lipinski definition) is 0. The highest BCUT2D eigenvalue weighted by atomic mass is 32.2. The van der Waals surface area contributed by atoms with Gasteiger partial charge >= 0.3 is 0 Å². The number of nitrogens with zero attached hydrogens (tertiary/aromatic N) is 3. The maximum atomic E-state index is 12.3. The second-order valence-corrected chi connectivity index (χ2v) is 6.47. The standard InChI is InChI=1S/C16H21N3OS/c1-18-14-9-5-4-8-13(14)17-16(18)21-12-15(20)19-10-6-2-3-7-11-19/h4-5,8-9H,2-3,6-7,10-12H2,1H3. The number of carbonyl (C=O) groups is 1. The molecule has 0 radical (unpaired) electrons. The summed E-state index contributed by atoms with van der Waals surface area (Å²) in [5.41, 5.74) is 2.10. The Morgan fingerprint density at radius 1 is 1.19 bits per heavy atom. The van der Waals surface area contributed by atoms with Crippen molar-refractivity contribution in [2.75, 3.05) is 18.8 Å². The molecule has 0 unspecified atom stereocenters. The number of aryl methyl sites for hydroxylation is 1. The van der Waals surface area contributed by atoms with Crippen LogP contribution in [0, 0.1) is 0 Å². The van der Waals surface area contributed by atoms with Gasteiger partial charge in [0.05, 0.1) is 16.8 Å². The number of thioether (sulfide) groups is 1. The summed E-state index contributed by atoms with van der Waals surface area (Å²) in [4.78, 5) is 18.9. The van der Waals surface area contributed by atoms with Gasteiger partial charge in [0, 0.05) is 20.1 Å². The zero-order valence-electron chi connectivity index (χ0n) is 12.4. The van der Waals surface area contributed by atoms with Crippen LogP contribution in [0.2, 0.25) is 0 Å². The second-order valence-electron chi connectivity index (χ2n) is 5.53. The molecule has 5 heteroatoms. The molecule has 3 rings (SSSR count). The van der Waals surface area contributed by atoms with E-state index in [-0.39, 0.29) is 5.91 Å². The van der Waals surface area contributed by atoms with Gasteiger partial charge in [-0.3, -0.25) is 4.79 Å². The van der Waals surface area contributed by atoms with Gasteiger partial charge in [0.15, 0.2) is 5.16 Å². The summed E-state index contributed by atoms with van der Waals surface area (Å²) in [6.45, 7) is 1.84. The fourth-order valence-electron chi connectivity index (χ4n) is 2.79. The molecule has 1 aliphatic rings. The van der Waals surface area contributed by atoms with Gasteiger partial charge in [-0.2, -0.15) is 0 Å². The highest BCUT2D eigenvalue weighted by Gasteiger charge is 2.17. The van der Waals surface area contributed by atoms with Crippen molar-refractivity contribution in [1.82, 2.24) is 14.5 Å². The maximum Gasteiger partial charge on any atom is 0.233 e. The molecule has 1 aromatic heterocycles. The summed E-state index contributed by atoms with van der Waals surface area (Å²) in [7, 11) is 2.01. The van der Waals surface area contributed by atoms with Crippen LogP contribution in [0.15, 0.2) is 29.4 Å². The lowest BCUT2D eigenvalue weighted by Crippen LogP contribution is -2.33. The Balaban J connectivity index is 1.65. The van der Waals surface area contributed by atoms with Crippen LogP contribution in [0.5, 0.6) is 0 Å². The summed E-state index contributed by atoms with van der Waals surface area (Å²) in [5, 5.41) is 0.916. The summed E-state index contributed by atoms with van der Waals surface area (Å²) in [6.07, 6.45) is 4.79. The van der Waals surface area contributed by atoms with Crippen LogP contribution in [-0.4, -0.2) is 39.2 Å². The Kier molecular flexibility index (Phi) is 4.48. The molecule has 0 atom stereocenters. The molecule has 1 amide bonds. The quantitative estimate of drug-likeness (QED) is 0.818. The first kappa shape index (κ1) is 14.4. The first-order chi connectivity index (χ1) is 10.3. The van der Waals surface area contributed by atoms with Gasteiger partial charge in [0.1, 0.15) is 0 Å². The van der Waals surface area contributed by atoms with Crippen molar-refractivity contribution in [3.05, 3.63) is 24.3 Å². The van der Waals surface area contributed by atoms with E-state index < -0.39 is 0 Å². The fourth-order valence-corrected chi connectivity index (χ4v) is 3.68. The molecule has 1 aromatic carbocycles. The van der Waals surface area contributed by atoms with Crippen molar-refractivity contribution in [2.24, 2.45) is 7.05 Å². The number of aromatic nitrogens is 2. The molecule has 0 aliphatic carbocycles. The number of carbonyl (C=O) groups excluding carboxylic acids is 1. The Hall–Kier alpha value is -1.49. The van der Waals surface area contributed by atoms with E-state index in [2.05, 4.69) is 15.6 Å². The average molecular weight is 303 g/mol. The minimum absolute atomic E-state index is 0.244. The third kappa shape index (κ3) is 3.23. The summed E-state index contributed by atoms with van der Waals surface area (Å²) in [6, 6.07) is 8.08. The van der Waals surface area contributed by atoms with Crippen LogP contribution in [0.4, 0.5) is 0 Å². The normalized spacial score (nSPS) is 16.1. The molecule has 1 aliphatic heterocycles. The average Bonchev–Trinajstić information content (AvgIpc) is 2.71. The van der Waals surface area contributed by atoms with Crippen LogP contribution in [0.25, 0.3) is 11.0 Å². The highest BCUT2D eigenvalue weighted by molar-refractivity contribution is 7.99. The van der Waals surface area contributed by atoms with Crippen LogP contribution < -0.4 is 0 Å². The van der Waals surface area contributed by atoms with Gasteiger partial charge in [-0.1, -0.05) is 36.7 Å². The molecule has 0 saturated carbocycles. The number of amides is 1. The van der Waals surface area contributed by atoms with Gasteiger partial charge < -0.3 is 9.47 Å². The van der Waals surface area contributed by atoms with Crippen molar-refractivity contribution in [1.29, 1.82) is 0 Å². The van der Waals surface area contributed by atoms with Gasteiger partial charge in [-0.25, -0.2) is 4.98 Å². The summed E-state index contributed by atoms with van der Waals surface area (Å²) < 4.78 is 2.07. The zero-order valence-corrected chi connectivity index (χ0v) is 13.2. The van der Waals surface area contributed by atoms with Crippen molar-refractivity contribution in [3.8, 4) is 0 Å². The minimum atomic E-state index is 0.244. The van der Waals surface area contributed by atoms with Gasteiger partial charge in [0.2, 0.25) is 5.91 Å². The SMILES string of the molecule is Cn1c(SCC(=O)N2CCCCCC2)nc2ccccc21. The van der Waals surface area contributed by atoms with Gasteiger partial charge in [-0.15, -0.1) is 0 Å². The maximum absolute atomic E-state index is 12.3. The van der Waals surface area contributed by atoms with E-state index >= 15 is 0 Å². The largest absolute Gasteiger partial charge is 0.342 e. The first-order valence-electron chi connectivity index (χ1n) is 7.58. The monoisotopic (exact) mass is 303 g/mol. The van der Waals surface area contributed by atoms with Gasteiger partial charge in [-0.05, 0) is 25.0 Å². The lowest BCUT2D eigenvalue weighted by atomic mass is 10.2. The van der Waals surface area contributed by atoms with Crippen molar-refractivity contribution in [3.63, 3.8) is 0 Å². The molecule has 1 saturated heterocycles. The number of benzene rings is 1. The molecule has 0 spiro atoms. The lowest BCUT2D eigenvalue weighted by molar-refractivity contribution is -0.128. The van der Waals surface area contributed by atoms with E-state index in [1.807, 2.05) is 30.1 Å². The van der Waals surface area contributed by atoms with E-state index in [4.69, 9.17) is 0 Å². The zero-order chi connectivity index (χ0) is 14.7. The number of likely N-dealkylation sites (tertiary alicyclic amines) is 1. The number of fused-ring (bicyclic) bond motifs is 1. The third-order valence-corrected chi connectivity index (χ3v) is 5.04. The summed E-state index contributed by atoms with van der Waals surface area (Å²) >= 11 is 1.54. The first-order valence-corrected chi connectivity index (χ1v) is 8.56. The second kappa shape index (κ2) is 6.52. The minimum Gasteiger partial charge on any atom is -0.342 e. The number of rotatable bonds is 3. The summed E-state index contributed by atoms with van der Waals surface area (Å²) in [5.74, 6) is 0.728. The molecular formula is C16H21N3OS. The lowest BCUT2D eigenvalue weighted by Gasteiger charge is -2.19. The van der Waals surface area contributed by atoms with Crippen molar-refractivity contribution >= 4 is 28.7 Å². The predicted molar refractivity (Wildman–Crippen MR) is 86.5 cm³/mol. The highest BCUT2D eigenvalue weighted by Crippen LogP contribution is 2.23. The Bertz CT molecular complexity index is 629. The number of para-hydroxylation sites is 2. The van der Waals surface area contributed by atoms with Crippen LogP contribution >= 0.6 is 11.8 Å². The molecule has 4 nitrogen and oxygen atoms in total. The molecule has 1 fully saturated rings. The van der Waals surface area contributed by atoms with E-state index in [1.54, 1.807) is 11.8 Å². The topological polar surface area (TPSA) is 38.1 Å². The van der Waals surface area contributed by atoms with Crippen LogP contribution in [-0.2, 0) is 11.8 Å². The van der Waals surface area contributed by atoms with Crippen LogP contribution in [0.1, 0.15) is 25.7 Å².